The first-order valence-electron chi connectivity index (χ1n) is 8.46. The zero-order valence-corrected chi connectivity index (χ0v) is 14.0. The molecule has 0 saturated carbocycles. The smallest absolute Gasteiger partial charge is 0.252 e. The van der Waals surface area contributed by atoms with Crippen molar-refractivity contribution < 1.29 is 9.90 Å². The number of H-pyrrole nitrogens is 1. The molecule has 0 radical (unpaired) electrons. The normalized spacial score (nSPS) is 19.6. The average molecular weight is 336 g/mol. The van der Waals surface area contributed by atoms with E-state index in [1.165, 1.54) is 6.20 Å². The van der Waals surface area contributed by atoms with Crippen molar-refractivity contribution in [3.05, 3.63) is 58.9 Å². The van der Waals surface area contributed by atoms with Gasteiger partial charge in [0, 0.05) is 17.3 Å². The summed E-state index contributed by atoms with van der Waals surface area (Å²) in [6.07, 6.45) is 4.02. The number of aromatic nitrogens is 3. The van der Waals surface area contributed by atoms with Crippen LogP contribution in [0.4, 0.5) is 0 Å². The van der Waals surface area contributed by atoms with Crippen LogP contribution in [0.5, 0.6) is 0 Å². The van der Waals surface area contributed by atoms with E-state index in [9.17, 15) is 9.90 Å². The Morgan fingerprint density at radius 2 is 2.24 bits per heavy atom. The molecule has 0 saturated heterocycles. The van der Waals surface area contributed by atoms with Gasteiger partial charge in [-0.15, -0.1) is 0 Å². The highest BCUT2D eigenvalue weighted by molar-refractivity contribution is 5.97. The number of carbonyl (C=O) groups excluding carboxylic acids is 1. The molecule has 1 aliphatic rings. The summed E-state index contributed by atoms with van der Waals surface area (Å²) in [7, 11) is 0. The van der Waals surface area contributed by atoms with E-state index in [4.69, 9.17) is 0 Å². The molecule has 1 amide bonds. The van der Waals surface area contributed by atoms with Crippen LogP contribution in [-0.2, 0) is 12.0 Å². The van der Waals surface area contributed by atoms with E-state index in [1.807, 2.05) is 31.2 Å². The number of aryl methyl sites for hydroxylation is 2. The zero-order valence-electron chi connectivity index (χ0n) is 14.0. The minimum Gasteiger partial charge on any atom is -0.383 e. The Kier molecular flexibility index (Phi) is 3.77. The van der Waals surface area contributed by atoms with Gasteiger partial charge in [-0.25, -0.2) is 4.98 Å². The van der Waals surface area contributed by atoms with Crippen molar-refractivity contribution in [3.8, 4) is 0 Å². The lowest BCUT2D eigenvalue weighted by molar-refractivity contribution is 0.0189. The first-order chi connectivity index (χ1) is 12.1. The standard InChI is InChI=1S/C19H20N4O2/c1-12-15-9-14(10-20-17(15)23-22-12)18(24)21-11-19(25)8-4-6-13-5-2-3-7-16(13)19/h2-3,5,7,9-10,25H,4,6,8,11H2,1H3,(H,21,24)(H,20,22,23). The minimum atomic E-state index is -1.02. The van der Waals surface area contributed by atoms with Gasteiger partial charge >= 0.3 is 0 Å². The van der Waals surface area contributed by atoms with Crippen LogP contribution < -0.4 is 5.32 Å². The molecule has 1 aromatic carbocycles. The Morgan fingerprint density at radius 1 is 1.40 bits per heavy atom. The molecule has 4 rings (SSSR count). The third-order valence-electron chi connectivity index (χ3n) is 4.96. The van der Waals surface area contributed by atoms with Crippen molar-refractivity contribution in [2.45, 2.75) is 31.8 Å². The number of nitrogens with zero attached hydrogens (tertiary/aromatic N) is 2. The van der Waals surface area contributed by atoms with E-state index in [1.54, 1.807) is 6.07 Å². The molecule has 1 aliphatic carbocycles. The van der Waals surface area contributed by atoms with Crippen molar-refractivity contribution in [2.24, 2.45) is 0 Å². The SMILES string of the molecule is Cc1[nH]nc2ncc(C(=O)NCC3(O)CCCc4ccccc43)cc12. The van der Waals surface area contributed by atoms with Gasteiger partial charge in [0.15, 0.2) is 5.65 Å². The van der Waals surface area contributed by atoms with E-state index < -0.39 is 5.60 Å². The molecule has 1 atom stereocenters. The molecule has 25 heavy (non-hydrogen) atoms. The van der Waals surface area contributed by atoms with Crippen molar-refractivity contribution in [1.29, 1.82) is 0 Å². The third-order valence-corrected chi connectivity index (χ3v) is 4.96. The molecule has 0 spiro atoms. The summed E-state index contributed by atoms with van der Waals surface area (Å²) in [6, 6.07) is 9.67. The van der Waals surface area contributed by atoms with Gasteiger partial charge in [-0.2, -0.15) is 5.10 Å². The monoisotopic (exact) mass is 336 g/mol. The quantitative estimate of drug-likeness (QED) is 0.684. The number of pyridine rings is 1. The third kappa shape index (κ3) is 2.78. The molecule has 1 unspecified atom stereocenters. The number of rotatable bonds is 3. The van der Waals surface area contributed by atoms with Crippen molar-refractivity contribution in [2.75, 3.05) is 6.54 Å². The van der Waals surface area contributed by atoms with Crippen LogP contribution >= 0.6 is 0 Å². The number of fused-ring (bicyclic) bond motifs is 2. The van der Waals surface area contributed by atoms with Crippen LogP contribution in [0.3, 0.4) is 0 Å². The van der Waals surface area contributed by atoms with Gasteiger partial charge in [-0.05, 0) is 43.4 Å². The maximum atomic E-state index is 12.5. The number of amides is 1. The molecule has 2 heterocycles. The fourth-order valence-electron chi connectivity index (χ4n) is 3.55. The van der Waals surface area contributed by atoms with Gasteiger partial charge in [0.25, 0.3) is 5.91 Å². The summed E-state index contributed by atoms with van der Waals surface area (Å²) in [6.45, 7) is 2.08. The lowest BCUT2D eigenvalue weighted by Gasteiger charge is -2.34. The van der Waals surface area contributed by atoms with Crippen molar-refractivity contribution >= 4 is 16.9 Å². The Morgan fingerprint density at radius 3 is 3.12 bits per heavy atom. The summed E-state index contributed by atoms with van der Waals surface area (Å²) in [5, 5.41) is 21.7. The van der Waals surface area contributed by atoms with Crippen LogP contribution in [0.1, 0.15) is 40.0 Å². The molecule has 3 N–H and O–H groups in total. The van der Waals surface area contributed by atoms with Gasteiger partial charge in [0.05, 0.1) is 12.1 Å². The summed E-state index contributed by atoms with van der Waals surface area (Å²) < 4.78 is 0. The lowest BCUT2D eigenvalue weighted by Crippen LogP contribution is -2.43. The summed E-state index contributed by atoms with van der Waals surface area (Å²) >= 11 is 0. The Hall–Kier alpha value is -2.73. The Labute approximate surface area is 145 Å². The van der Waals surface area contributed by atoms with Crippen LogP contribution in [0.25, 0.3) is 11.0 Å². The van der Waals surface area contributed by atoms with Crippen LogP contribution in [0, 0.1) is 6.92 Å². The van der Waals surface area contributed by atoms with Crippen molar-refractivity contribution in [1.82, 2.24) is 20.5 Å². The number of carbonyl (C=O) groups is 1. The number of aromatic amines is 1. The predicted octanol–water partition coefficient (Wildman–Crippen LogP) is 2.22. The number of hydrogen-bond acceptors (Lipinski definition) is 4. The molecule has 128 valence electrons. The molecule has 2 aromatic heterocycles. The van der Waals surface area contributed by atoms with Crippen molar-refractivity contribution in [3.63, 3.8) is 0 Å². The number of hydrogen-bond donors (Lipinski definition) is 3. The van der Waals surface area contributed by atoms with Gasteiger partial charge in [-0.1, -0.05) is 24.3 Å². The number of aliphatic hydroxyl groups is 1. The second kappa shape index (κ2) is 5.97. The molecule has 6 nitrogen and oxygen atoms in total. The van der Waals surface area contributed by atoms with E-state index in [-0.39, 0.29) is 12.5 Å². The van der Waals surface area contributed by atoms with Crippen LogP contribution in [0.2, 0.25) is 0 Å². The van der Waals surface area contributed by atoms with Gasteiger partial charge < -0.3 is 10.4 Å². The van der Waals surface area contributed by atoms with Gasteiger partial charge in [0.2, 0.25) is 0 Å². The maximum Gasteiger partial charge on any atom is 0.252 e. The molecule has 6 heteroatoms. The zero-order chi connectivity index (χ0) is 17.4. The van der Waals surface area contributed by atoms with E-state index >= 15 is 0 Å². The first-order valence-corrected chi connectivity index (χ1v) is 8.46. The highest BCUT2D eigenvalue weighted by Crippen LogP contribution is 2.34. The Balaban J connectivity index is 1.54. The highest BCUT2D eigenvalue weighted by Gasteiger charge is 2.34. The largest absolute Gasteiger partial charge is 0.383 e. The van der Waals surface area contributed by atoms with E-state index in [0.29, 0.717) is 17.6 Å². The van der Waals surface area contributed by atoms with Crippen LogP contribution in [0.15, 0.2) is 36.5 Å². The van der Waals surface area contributed by atoms with E-state index in [2.05, 4.69) is 20.5 Å². The summed E-state index contributed by atoms with van der Waals surface area (Å²) in [5.74, 6) is -0.244. The van der Waals surface area contributed by atoms with E-state index in [0.717, 1.165) is 35.0 Å². The fraction of sp³-hybridized carbons (Fsp3) is 0.316. The number of benzene rings is 1. The Bertz CT molecular complexity index is 950. The van der Waals surface area contributed by atoms with Gasteiger partial charge in [-0.3, -0.25) is 9.89 Å². The predicted molar refractivity (Wildman–Crippen MR) is 94.2 cm³/mol. The molecule has 0 fully saturated rings. The minimum absolute atomic E-state index is 0.186. The number of nitrogens with one attached hydrogen (secondary N) is 2. The molecular formula is C19H20N4O2. The first kappa shape index (κ1) is 15.8. The molecule has 3 aromatic rings. The topological polar surface area (TPSA) is 90.9 Å². The maximum absolute atomic E-state index is 12.5. The average Bonchev–Trinajstić information content (AvgIpc) is 3.01. The molecule has 0 aliphatic heterocycles. The summed E-state index contributed by atoms with van der Waals surface area (Å²) in [5.41, 5.74) is 2.98. The molecular weight excluding hydrogens is 316 g/mol. The second-order valence-corrected chi connectivity index (χ2v) is 6.67. The lowest BCUT2D eigenvalue weighted by atomic mass is 9.79. The fourth-order valence-corrected chi connectivity index (χ4v) is 3.55. The summed E-state index contributed by atoms with van der Waals surface area (Å²) in [4.78, 5) is 16.7. The van der Waals surface area contributed by atoms with Crippen LogP contribution in [-0.4, -0.2) is 32.7 Å². The highest BCUT2D eigenvalue weighted by atomic mass is 16.3. The second-order valence-electron chi connectivity index (χ2n) is 6.67. The molecule has 0 bridgehead atoms. The van der Waals surface area contributed by atoms with Gasteiger partial charge in [0.1, 0.15) is 5.60 Å².